The number of ether oxygens (including phenoxy) is 2. The zero-order valence-electron chi connectivity index (χ0n) is 17.3. The van der Waals surface area contributed by atoms with E-state index in [4.69, 9.17) is 13.9 Å². The zero-order valence-corrected chi connectivity index (χ0v) is 19.7. The van der Waals surface area contributed by atoms with Crippen LogP contribution in [0.25, 0.3) is 0 Å². The molecule has 1 aliphatic rings. The second-order valence-electron chi connectivity index (χ2n) is 7.19. The van der Waals surface area contributed by atoms with Gasteiger partial charge in [-0.25, -0.2) is 0 Å². The Hall–Kier alpha value is -0.840. The summed E-state index contributed by atoms with van der Waals surface area (Å²) in [5.41, 5.74) is 0. The molecule has 8 heteroatoms. The highest BCUT2D eigenvalue weighted by molar-refractivity contribution is 14.0. The molecule has 0 spiro atoms. The summed E-state index contributed by atoms with van der Waals surface area (Å²) in [5, 5.41) is 6.84. The highest BCUT2D eigenvalue weighted by Gasteiger charge is 2.09. The number of hydrogen-bond donors (Lipinski definition) is 2. The first-order valence-corrected chi connectivity index (χ1v) is 10.2. The minimum Gasteiger partial charge on any atom is -0.469 e. The Labute approximate surface area is 186 Å². The molecule has 0 amide bonds. The maximum Gasteiger partial charge on any atom is 0.191 e. The molecule has 2 rings (SSSR count). The highest BCUT2D eigenvalue weighted by Crippen LogP contribution is 1.99. The molecule has 162 valence electrons. The second kappa shape index (κ2) is 16.0. The van der Waals surface area contributed by atoms with Gasteiger partial charge in [-0.3, -0.25) is 9.89 Å². The smallest absolute Gasteiger partial charge is 0.191 e. The Morgan fingerprint density at radius 1 is 1.25 bits per heavy atom. The van der Waals surface area contributed by atoms with E-state index in [0.29, 0.717) is 5.92 Å². The molecule has 0 aromatic carbocycles. The molecule has 0 radical (unpaired) electrons. The van der Waals surface area contributed by atoms with E-state index in [1.54, 1.807) is 6.26 Å². The standard InChI is InChI=1S/C20H36N4O3.HI/c1-18(2)17-26-13-4-7-21-20(22-8-6-19-5-3-14-27-19)23-9-10-24-11-15-25-16-12-24;/h3,5,14,18H,4,6-13,15-17H2,1-2H3,(H2,21,22,23);1H. The fraction of sp³-hybridized carbons (Fsp3) is 0.750. The van der Waals surface area contributed by atoms with Crippen LogP contribution in [0.4, 0.5) is 0 Å². The van der Waals surface area contributed by atoms with Gasteiger partial charge in [0.25, 0.3) is 0 Å². The molecule has 28 heavy (non-hydrogen) atoms. The number of rotatable bonds is 12. The molecule has 1 saturated heterocycles. The lowest BCUT2D eigenvalue weighted by Crippen LogP contribution is -2.44. The van der Waals surface area contributed by atoms with Gasteiger partial charge in [0.1, 0.15) is 5.76 Å². The predicted molar refractivity (Wildman–Crippen MR) is 124 cm³/mol. The van der Waals surface area contributed by atoms with Crippen molar-refractivity contribution in [1.29, 1.82) is 0 Å². The third-order valence-electron chi connectivity index (χ3n) is 4.24. The van der Waals surface area contributed by atoms with Gasteiger partial charge in [0.2, 0.25) is 0 Å². The zero-order chi connectivity index (χ0) is 19.2. The van der Waals surface area contributed by atoms with E-state index >= 15 is 0 Å². The molecular formula is C20H37IN4O3. The fourth-order valence-electron chi connectivity index (χ4n) is 2.77. The van der Waals surface area contributed by atoms with Crippen LogP contribution in [-0.4, -0.2) is 76.6 Å². The SMILES string of the molecule is CC(C)COCCCN=C(NCCc1ccco1)NCCN1CCOCC1.I. The van der Waals surface area contributed by atoms with Crippen molar-refractivity contribution in [2.45, 2.75) is 26.7 Å². The molecule has 2 heterocycles. The van der Waals surface area contributed by atoms with Crippen LogP contribution < -0.4 is 10.6 Å². The van der Waals surface area contributed by atoms with E-state index in [1.807, 2.05) is 12.1 Å². The van der Waals surface area contributed by atoms with Gasteiger partial charge in [0.15, 0.2) is 5.96 Å². The number of nitrogens with one attached hydrogen (secondary N) is 2. The normalized spacial score (nSPS) is 15.5. The van der Waals surface area contributed by atoms with Gasteiger partial charge in [-0.15, -0.1) is 24.0 Å². The first-order chi connectivity index (χ1) is 13.2. The summed E-state index contributed by atoms with van der Waals surface area (Å²) in [7, 11) is 0. The van der Waals surface area contributed by atoms with Crippen LogP contribution in [-0.2, 0) is 15.9 Å². The van der Waals surface area contributed by atoms with Gasteiger partial charge < -0.3 is 24.5 Å². The van der Waals surface area contributed by atoms with Crippen LogP contribution in [0.2, 0.25) is 0 Å². The lowest BCUT2D eigenvalue weighted by Gasteiger charge is -2.26. The Bertz CT molecular complexity index is 506. The lowest BCUT2D eigenvalue weighted by molar-refractivity contribution is 0.0389. The van der Waals surface area contributed by atoms with Gasteiger partial charge in [0.05, 0.1) is 19.5 Å². The first-order valence-electron chi connectivity index (χ1n) is 10.2. The molecule has 2 N–H and O–H groups in total. The molecule has 0 atom stereocenters. The van der Waals surface area contributed by atoms with E-state index < -0.39 is 0 Å². The third-order valence-corrected chi connectivity index (χ3v) is 4.24. The summed E-state index contributed by atoms with van der Waals surface area (Å²) in [6, 6.07) is 3.92. The Balaban J connectivity index is 0.00000392. The number of guanidine groups is 1. The van der Waals surface area contributed by atoms with E-state index in [2.05, 4.69) is 34.4 Å². The van der Waals surface area contributed by atoms with Crippen LogP contribution in [0.5, 0.6) is 0 Å². The summed E-state index contributed by atoms with van der Waals surface area (Å²) >= 11 is 0. The Morgan fingerprint density at radius 2 is 2.04 bits per heavy atom. The van der Waals surface area contributed by atoms with Gasteiger partial charge in [0, 0.05) is 58.9 Å². The van der Waals surface area contributed by atoms with Gasteiger partial charge in [-0.2, -0.15) is 0 Å². The van der Waals surface area contributed by atoms with Crippen molar-refractivity contribution in [3.63, 3.8) is 0 Å². The van der Waals surface area contributed by atoms with E-state index in [-0.39, 0.29) is 24.0 Å². The molecule has 1 fully saturated rings. The fourth-order valence-corrected chi connectivity index (χ4v) is 2.77. The molecule has 0 unspecified atom stereocenters. The molecular weight excluding hydrogens is 471 g/mol. The number of hydrogen-bond acceptors (Lipinski definition) is 5. The van der Waals surface area contributed by atoms with Crippen LogP contribution in [0.15, 0.2) is 27.8 Å². The maximum absolute atomic E-state index is 5.63. The average Bonchev–Trinajstić information content (AvgIpc) is 3.18. The van der Waals surface area contributed by atoms with E-state index in [1.165, 1.54) is 0 Å². The monoisotopic (exact) mass is 508 g/mol. The third kappa shape index (κ3) is 11.9. The molecule has 0 saturated carbocycles. The van der Waals surface area contributed by atoms with Crippen LogP contribution in [0.1, 0.15) is 26.0 Å². The first kappa shape index (κ1) is 25.2. The summed E-state index contributed by atoms with van der Waals surface area (Å²) in [6.07, 6.45) is 3.48. The number of aliphatic imine (C=N–C) groups is 1. The Kier molecular flexibility index (Phi) is 14.4. The molecule has 1 aromatic rings. The van der Waals surface area contributed by atoms with Crippen molar-refractivity contribution < 1.29 is 13.9 Å². The predicted octanol–water partition coefficient (Wildman–Crippen LogP) is 2.37. The van der Waals surface area contributed by atoms with Crippen molar-refractivity contribution in [3.05, 3.63) is 24.2 Å². The van der Waals surface area contributed by atoms with Crippen LogP contribution in [0, 0.1) is 5.92 Å². The quantitative estimate of drug-likeness (QED) is 0.196. The van der Waals surface area contributed by atoms with Gasteiger partial charge in [-0.1, -0.05) is 13.8 Å². The minimum atomic E-state index is 0. The summed E-state index contributed by atoms with van der Waals surface area (Å²) in [6.45, 7) is 13.0. The van der Waals surface area contributed by atoms with Crippen LogP contribution in [0.3, 0.4) is 0 Å². The summed E-state index contributed by atoms with van der Waals surface area (Å²) in [4.78, 5) is 7.10. The largest absolute Gasteiger partial charge is 0.469 e. The van der Waals surface area contributed by atoms with Crippen molar-refractivity contribution in [2.24, 2.45) is 10.9 Å². The molecule has 1 aromatic heterocycles. The topological polar surface area (TPSA) is 71.3 Å². The number of furan rings is 1. The van der Waals surface area contributed by atoms with E-state index in [0.717, 1.165) is 90.3 Å². The van der Waals surface area contributed by atoms with Gasteiger partial charge >= 0.3 is 0 Å². The van der Waals surface area contributed by atoms with Crippen molar-refractivity contribution in [1.82, 2.24) is 15.5 Å². The average molecular weight is 508 g/mol. The number of nitrogens with zero attached hydrogens (tertiary/aromatic N) is 2. The summed E-state index contributed by atoms with van der Waals surface area (Å²) < 4.78 is 16.4. The van der Waals surface area contributed by atoms with Crippen LogP contribution >= 0.6 is 24.0 Å². The van der Waals surface area contributed by atoms with Crippen molar-refractivity contribution >= 4 is 29.9 Å². The summed E-state index contributed by atoms with van der Waals surface area (Å²) in [5.74, 6) is 2.42. The van der Waals surface area contributed by atoms with Crippen molar-refractivity contribution in [3.8, 4) is 0 Å². The van der Waals surface area contributed by atoms with E-state index in [9.17, 15) is 0 Å². The molecule has 0 aliphatic carbocycles. The Morgan fingerprint density at radius 3 is 2.75 bits per heavy atom. The molecule has 1 aliphatic heterocycles. The lowest BCUT2D eigenvalue weighted by atomic mass is 10.2. The maximum atomic E-state index is 5.63. The molecule has 7 nitrogen and oxygen atoms in total. The van der Waals surface area contributed by atoms with Gasteiger partial charge in [-0.05, 0) is 24.5 Å². The second-order valence-corrected chi connectivity index (χ2v) is 7.19. The van der Waals surface area contributed by atoms with Crippen molar-refractivity contribution in [2.75, 3.05) is 65.7 Å². The highest BCUT2D eigenvalue weighted by atomic mass is 127. The molecule has 0 bridgehead atoms. The number of morpholine rings is 1. The number of halogens is 1. The minimum absolute atomic E-state index is 0.